The summed E-state index contributed by atoms with van der Waals surface area (Å²) in [6.07, 6.45) is 6.71. The Morgan fingerprint density at radius 2 is 1.89 bits per heavy atom. The second kappa shape index (κ2) is 11.4. The van der Waals surface area contributed by atoms with E-state index in [4.69, 9.17) is 5.73 Å². The first-order valence-corrected chi connectivity index (χ1v) is 13.5. The number of hydrogen-bond acceptors (Lipinski definition) is 9. The molecular weight excluding hydrogens is 506 g/mol. The number of Topliss-reactive ketones (excluding diaryl/α,β-unsaturated/α-hetero) is 1. The molecule has 188 valence electrons. The van der Waals surface area contributed by atoms with Gasteiger partial charge in [0, 0.05) is 12.0 Å². The number of carbonyl (C=O) groups excluding carboxylic acids is 2. The van der Waals surface area contributed by atoms with Crippen LogP contribution in [-0.2, 0) is 0 Å². The number of carbonyl (C=O) groups is 2. The minimum absolute atomic E-state index is 0.0904. The number of ketones is 1. The van der Waals surface area contributed by atoms with Crippen molar-refractivity contribution in [2.24, 2.45) is 0 Å². The Hall–Kier alpha value is -3.96. The second-order valence-corrected chi connectivity index (χ2v) is 10.1. The summed E-state index contributed by atoms with van der Waals surface area (Å²) in [7, 11) is 0. The molecule has 4 N–H and O–H groups in total. The molecule has 0 aliphatic heterocycles. The van der Waals surface area contributed by atoms with Gasteiger partial charge in [-0.05, 0) is 29.7 Å². The number of nitrogens with zero attached hydrogens (tertiary/aromatic N) is 4. The van der Waals surface area contributed by atoms with Gasteiger partial charge in [-0.25, -0.2) is 4.98 Å². The molecule has 0 saturated carbocycles. The van der Waals surface area contributed by atoms with Crippen molar-refractivity contribution < 1.29 is 9.59 Å². The van der Waals surface area contributed by atoms with Crippen molar-refractivity contribution in [2.75, 3.05) is 5.73 Å². The van der Waals surface area contributed by atoms with Crippen molar-refractivity contribution in [3.05, 3.63) is 76.8 Å². The number of thiazole rings is 1. The van der Waals surface area contributed by atoms with Crippen molar-refractivity contribution in [2.45, 2.75) is 38.1 Å². The van der Waals surface area contributed by atoms with E-state index in [0.717, 1.165) is 41.2 Å². The van der Waals surface area contributed by atoms with Crippen LogP contribution in [0.1, 0.15) is 64.1 Å². The number of nitrogens with one attached hydrogen (secondary N) is 2. The SMILES string of the molecule is Nc1nsnc1C(=O)CCCCC[C@H](NC(=O)c1cncs1)c1ncc(-c2ccc3ccccc3c2)[nH]1. The molecule has 3 heterocycles. The first-order chi connectivity index (χ1) is 18.1. The monoisotopic (exact) mass is 531 g/mol. The number of rotatable bonds is 11. The number of imidazole rings is 1. The average Bonchev–Trinajstić information content (AvgIpc) is 3.69. The van der Waals surface area contributed by atoms with Gasteiger partial charge in [-0.1, -0.05) is 49.2 Å². The van der Waals surface area contributed by atoms with E-state index in [1.54, 1.807) is 17.9 Å². The lowest BCUT2D eigenvalue weighted by Gasteiger charge is -2.16. The molecule has 5 rings (SSSR count). The molecule has 0 fully saturated rings. The summed E-state index contributed by atoms with van der Waals surface area (Å²) in [6, 6.07) is 14.2. The molecule has 3 aromatic heterocycles. The summed E-state index contributed by atoms with van der Waals surface area (Å²) < 4.78 is 7.84. The normalized spacial score (nSPS) is 12.0. The van der Waals surface area contributed by atoms with E-state index in [1.807, 2.05) is 12.1 Å². The zero-order valence-corrected chi connectivity index (χ0v) is 21.5. The molecule has 2 aromatic carbocycles. The van der Waals surface area contributed by atoms with Crippen LogP contribution in [0.15, 0.2) is 60.4 Å². The van der Waals surface area contributed by atoms with Crippen LogP contribution in [0.3, 0.4) is 0 Å². The van der Waals surface area contributed by atoms with Gasteiger partial charge < -0.3 is 16.0 Å². The van der Waals surface area contributed by atoms with Gasteiger partial charge >= 0.3 is 0 Å². The average molecular weight is 532 g/mol. The van der Waals surface area contributed by atoms with Gasteiger partial charge in [-0.3, -0.25) is 14.6 Å². The fraction of sp³-hybridized carbons (Fsp3) is 0.231. The fourth-order valence-electron chi connectivity index (χ4n) is 4.17. The Bertz CT molecular complexity index is 1510. The first kappa shape index (κ1) is 24.7. The molecule has 0 aliphatic rings. The topological polar surface area (TPSA) is 140 Å². The Kier molecular flexibility index (Phi) is 7.62. The maximum atomic E-state index is 12.8. The molecule has 1 amide bonds. The molecule has 5 aromatic rings. The standard InChI is InChI=1S/C26H25N7O2S2/c27-24-23(32-37-33-24)21(34)9-3-1-2-8-19(31-26(35)22-14-28-15-36-22)25-29-13-20(30-25)18-11-10-16-6-4-5-7-17(16)12-18/h4-7,10-15,19H,1-3,8-9H2,(H2,27,33)(H,29,30)(H,31,35)/t19-/m0/s1. The van der Waals surface area contributed by atoms with E-state index < -0.39 is 0 Å². The number of aromatic nitrogens is 5. The zero-order valence-electron chi connectivity index (χ0n) is 19.9. The van der Waals surface area contributed by atoms with Crippen LogP contribution in [0.5, 0.6) is 0 Å². The van der Waals surface area contributed by atoms with Crippen LogP contribution in [0.4, 0.5) is 5.82 Å². The van der Waals surface area contributed by atoms with Crippen LogP contribution in [0, 0.1) is 0 Å². The third-order valence-corrected chi connectivity index (χ3v) is 7.44. The summed E-state index contributed by atoms with van der Waals surface area (Å²) in [6.45, 7) is 0. The number of hydrogen-bond donors (Lipinski definition) is 3. The summed E-state index contributed by atoms with van der Waals surface area (Å²) in [4.78, 5) is 37.7. The highest BCUT2D eigenvalue weighted by molar-refractivity contribution is 7.11. The van der Waals surface area contributed by atoms with Crippen LogP contribution in [0.25, 0.3) is 22.0 Å². The van der Waals surface area contributed by atoms with Crippen LogP contribution in [0.2, 0.25) is 0 Å². The lowest BCUT2D eigenvalue weighted by Crippen LogP contribution is -2.28. The van der Waals surface area contributed by atoms with E-state index in [1.165, 1.54) is 16.7 Å². The summed E-state index contributed by atoms with van der Waals surface area (Å²) in [5.41, 5.74) is 9.51. The number of fused-ring (bicyclic) bond motifs is 1. The van der Waals surface area contributed by atoms with E-state index in [-0.39, 0.29) is 29.2 Å². The molecule has 1 atom stereocenters. The Morgan fingerprint density at radius 3 is 2.68 bits per heavy atom. The highest BCUT2D eigenvalue weighted by Gasteiger charge is 2.20. The molecule has 0 saturated heterocycles. The minimum atomic E-state index is -0.308. The van der Waals surface area contributed by atoms with Crippen molar-refractivity contribution in [1.29, 1.82) is 0 Å². The van der Waals surface area contributed by atoms with Gasteiger partial charge in [0.2, 0.25) is 0 Å². The van der Waals surface area contributed by atoms with E-state index in [0.29, 0.717) is 30.0 Å². The van der Waals surface area contributed by atoms with Crippen molar-refractivity contribution >= 4 is 51.3 Å². The number of nitrogens with two attached hydrogens (primary N) is 1. The predicted molar refractivity (Wildman–Crippen MR) is 146 cm³/mol. The third kappa shape index (κ3) is 5.89. The van der Waals surface area contributed by atoms with Gasteiger partial charge in [0.25, 0.3) is 5.91 Å². The summed E-state index contributed by atoms with van der Waals surface area (Å²) >= 11 is 2.24. The van der Waals surface area contributed by atoms with E-state index in [9.17, 15) is 9.59 Å². The first-order valence-electron chi connectivity index (χ1n) is 11.9. The van der Waals surface area contributed by atoms with Gasteiger partial charge in [0.05, 0.1) is 41.4 Å². The third-order valence-electron chi connectivity index (χ3n) is 6.12. The minimum Gasteiger partial charge on any atom is -0.381 e. The number of anilines is 1. The molecule has 37 heavy (non-hydrogen) atoms. The quantitative estimate of drug-likeness (QED) is 0.153. The van der Waals surface area contributed by atoms with Gasteiger partial charge in [0.1, 0.15) is 10.7 Å². The Balaban J connectivity index is 1.25. The highest BCUT2D eigenvalue weighted by atomic mass is 32.1. The van der Waals surface area contributed by atoms with E-state index in [2.05, 4.69) is 59.3 Å². The maximum absolute atomic E-state index is 12.8. The highest BCUT2D eigenvalue weighted by Crippen LogP contribution is 2.26. The van der Waals surface area contributed by atoms with Gasteiger partial charge in [-0.15, -0.1) is 11.3 Å². The van der Waals surface area contributed by atoms with Crippen molar-refractivity contribution in [3.8, 4) is 11.3 Å². The second-order valence-electron chi connectivity index (χ2n) is 8.66. The Morgan fingerprint density at radius 1 is 1.03 bits per heavy atom. The molecule has 0 bridgehead atoms. The fourth-order valence-corrected chi connectivity index (χ4v) is 5.19. The molecular formula is C26H25N7O2S2. The molecule has 11 heteroatoms. The molecule has 0 spiro atoms. The number of nitrogen functional groups attached to an aromatic ring is 1. The number of unbranched alkanes of at least 4 members (excludes halogenated alkanes) is 2. The lowest BCUT2D eigenvalue weighted by molar-refractivity contribution is 0.0935. The molecule has 0 aliphatic carbocycles. The van der Waals surface area contributed by atoms with Gasteiger partial charge in [-0.2, -0.15) is 8.75 Å². The maximum Gasteiger partial charge on any atom is 0.263 e. The predicted octanol–water partition coefficient (Wildman–Crippen LogP) is 5.42. The van der Waals surface area contributed by atoms with Crippen LogP contribution in [-0.4, -0.2) is 35.4 Å². The molecule has 0 unspecified atom stereocenters. The zero-order chi connectivity index (χ0) is 25.6. The number of aromatic amines is 1. The number of amides is 1. The Labute approximate surface area is 221 Å². The summed E-state index contributed by atoms with van der Waals surface area (Å²) in [5, 5.41) is 5.42. The summed E-state index contributed by atoms with van der Waals surface area (Å²) in [5.74, 6) is 0.615. The van der Waals surface area contributed by atoms with Crippen molar-refractivity contribution in [1.82, 2.24) is 29.0 Å². The smallest absolute Gasteiger partial charge is 0.263 e. The van der Waals surface area contributed by atoms with Crippen molar-refractivity contribution in [3.63, 3.8) is 0 Å². The van der Waals surface area contributed by atoms with Crippen LogP contribution < -0.4 is 11.1 Å². The number of H-pyrrole nitrogens is 1. The number of benzene rings is 2. The van der Waals surface area contributed by atoms with E-state index >= 15 is 0 Å². The lowest BCUT2D eigenvalue weighted by atomic mass is 10.0. The molecule has 9 nitrogen and oxygen atoms in total. The molecule has 0 radical (unpaired) electrons. The largest absolute Gasteiger partial charge is 0.381 e. The van der Waals surface area contributed by atoms with Gasteiger partial charge in [0.15, 0.2) is 17.3 Å². The van der Waals surface area contributed by atoms with Crippen LogP contribution >= 0.6 is 23.1 Å².